The lowest BCUT2D eigenvalue weighted by Gasteiger charge is -2.06. The van der Waals surface area contributed by atoms with Gasteiger partial charge in [-0.1, -0.05) is 30.3 Å². The zero-order chi connectivity index (χ0) is 14.8. The normalized spacial score (nSPS) is 10.5. The molecule has 21 heavy (non-hydrogen) atoms. The first-order chi connectivity index (χ1) is 10.1. The first-order valence-electron chi connectivity index (χ1n) is 6.45. The number of nitrogen functional groups attached to an aromatic ring is 1. The third kappa shape index (κ3) is 2.49. The number of aromatic nitrogens is 2. The molecule has 0 atom stereocenters. The molecule has 3 rings (SSSR count). The summed E-state index contributed by atoms with van der Waals surface area (Å²) in [6, 6.07) is 15.0. The van der Waals surface area contributed by atoms with Gasteiger partial charge in [0, 0.05) is 17.4 Å². The Bertz CT molecular complexity index is 793. The van der Waals surface area contributed by atoms with Gasteiger partial charge in [0.2, 0.25) is 0 Å². The van der Waals surface area contributed by atoms with Crippen molar-refractivity contribution >= 4 is 11.6 Å². The third-order valence-corrected chi connectivity index (χ3v) is 3.26. The number of hydrogen-bond donors (Lipinski definition) is 2. The fourth-order valence-corrected chi connectivity index (χ4v) is 2.14. The minimum atomic E-state index is -0.551. The van der Waals surface area contributed by atoms with E-state index in [2.05, 4.69) is 5.10 Å². The van der Waals surface area contributed by atoms with E-state index in [0.29, 0.717) is 11.3 Å². The number of carbonyl (C=O) groups excluding carboxylic acids is 1. The van der Waals surface area contributed by atoms with Crippen molar-refractivity contribution in [2.24, 2.45) is 5.73 Å². The fraction of sp³-hybridized carbons (Fsp3) is 0. The number of benzene rings is 2. The molecule has 0 spiro atoms. The lowest BCUT2D eigenvalue weighted by molar-refractivity contribution is 0.100. The van der Waals surface area contributed by atoms with Gasteiger partial charge in [-0.2, -0.15) is 5.10 Å². The van der Waals surface area contributed by atoms with Crippen molar-refractivity contribution < 1.29 is 4.79 Å². The summed E-state index contributed by atoms with van der Waals surface area (Å²) in [5.41, 5.74) is 14.5. The quantitative estimate of drug-likeness (QED) is 0.720. The van der Waals surface area contributed by atoms with Crippen molar-refractivity contribution in [1.82, 2.24) is 9.78 Å². The largest absolute Gasteiger partial charge is 0.398 e. The van der Waals surface area contributed by atoms with Crippen molar-refractivity contribution in [2.75, 3.05) is 5.73 Å². The van der Waals surface area contributed by atoms with Crippen LogP contribution in [-0.4, -0.2) is 15.7 Å². The van der Waals surface area contributed by atoms with Crippen LogP contribution in [0.3, 0.4) is 0 Å². The Kier molecular flexibility index (Phi) is 3.16. The molecule has 0 aliphatic rings. The Hall–Kier alpha value is -3.08. The second-order valence-corrected chi connectivity index (χ2v) is 4.68. The molecular weight excluding hydrogens is 264 g/mol. The summed E-state index contributed by atoms with van der Waals surface area (Å²) in [4.78, 5) is 11.3. The van der Waals surface area contributed by atoms with E-state index in [-0.39, 0.29) is 0 Å². The molecule has 0 saturated carbocycles. The highest BCUT2D eigenvalue weighted by Gasteiger charge is 2.09. The molecule has 1 amide bonds. The zero-order valence-electron chi connectivity index (χ0n) is 11.2. The van der Waals surface area contributed by atoms with E-state index in [1.165, 1.54) is 0 Å². The second-order valence-electron chi connectivity index (χ2n) is 4.68. The molecule has 0 radical (unpaired) electrons. The molecule has 1 aromatic heterocycles. The van der Waals surface area contributed by atoms with E-state index >= 15 is 0 Å². The van der Waals surface area contributed by atoms with Crippen LogP contribution in [-0.2, 0) is 0 Å². The third-order valence-electron chi connectivity index (χ3n) is 3.26. The summed E-state index contributed by atoms with van der Waals surface area (Å²) in [7, 11) is 0. The molecule has 104 valence electrons. The molecule has 0 fully saturated rings. The highest BCUT2D eigenvalue weighted by Crippen LogP contribution is 2.21. The summed E-state index contributed by atoms with van der Waals surface area (Å²) >= 11 is 0. The first-order valence-corrected chi connectivity index (χ1v) is 6.45. The molecule has 5 nitrogen and oxygen atoms in total. The van der Waals surface area contributed by atoms with Gasteiger partial charge in [0.15, 0.2) is 0 Å². The topological polar surface area (TPSA) is 86.9 Å². The maximum absolute atomic E-state index is 11.3. The highest BCUT2D eigenvalue weighted by molar-refractivity contribution is 5.98. The molecule has 0 aliphatic carbocycles. The maximum Gasteiger partial charge on any atom is 0.250 e. The standard InChI is InChI=1S/C16H14N4O/c17-15-7-6-13(8-14(15)16(18)21)20-10-12(9-19-20)11-4-2-1-3-5-11/h1-10H,17H2,(H2,18,21). The van der Waals surface area contributed by atoms with Crippen molar-refractivity contribution in [2.45, 2.75) is 0 Å². The van der Waals surface area contributed by atoms with E-state index in [4.69, 9.17) is 11.5 Å². The Labute approximate surface area is 121 Å². The summed E-state index contributed by atoms with van der Waals surface area (Å²) in [6.07, 6.45) is 3.67. The van der Waals surface area contributed by atoms with Crippen LogP contribution in [0.25, 0.3) is 16.8 Å². The first kappa shape index (κ1) is 12.9. The van der Waals surface area contributed by atoms with E-state index in [1.807, 2.05) is 36.5 Å². The SMILES string of the molecule is NC(=O)c1cc(-n2cc(-c3ccccc3)cn2)ccc1N. The van der Waals surface area contributed by atoms with Crippen LogP contribution in [0.15, 0.2) is 60.9 Å². The molecule has 2 aromatic carbocycles. The minimum Gasteiger partial charge on any atom is -0.398 e. The number of amides is 1. The molecule has 4 N–H and O–H groups in total. The second kappa shape index (κ2) is 5.13. The summed E-state index contributed by atoms with van der Waals surface area (Å²) in [5, 5.41) is 4.32. The van der Waals surface area contributed by atoms with Crippen LogP contribution >= 0.6 is 0 Å². The van der Waals surface area contributed by atoms with Crippen molar-refractivity contribution in [3.8, 4) is 16.8 Å². The Morgan fingerprint density at radius 2 is 1.81 bits per heavy atom. The lowest BCUT2D eigenvalue weighted by Crippen LogP contribution is -2.14. The number of carbonyl (C=O) groups is 1. The Morgan fingerprint density at radius 1 is 1.05 bits per heavy atom. The monoisotopic (exact) mass is 278 g/mol. The molecule has 0 saturated heterocycles. The van der Waals surface area contributed by atoms with Gasteiger partial charge in [0.25, 0.3) is 5.91 Å². The predicted octanol–water partition coefficient (Wildman–Crippen LogP) is 2.22. The summed E-state index contributed by atoms with van der Waals surface area (Å²) in [5.74, 6) is -0.551. The number of anilines is 1. The van der Waals surface area contributed by atoms with Gasteiger partial charge in [-0.3, -0.25) is 4.79 Å². The molecule has 1 heterocycles. The van der Waals surface area contributed by atoms with Gasteiger partial charge in [-0.25, -0.2) is 4.68 Å². The number of rotatable bonds is 3. The van der Waals surface area contributed by atoms with Crippen molar-refractivity contribution in [3.05, 3.63) is 66.5 Å². The Morgan fingerprint density at radius 3 is 2.52 bits per heavy atom. The zero-order valence-corrected chi connectivity index (χ0v) is 11.2. The molecule has 5 heteroatoms. The van der Waals surface area contributed by atoms with Crippen LogP contribution in [0.4, 0.5) is 5.69 Å². The minimum absolute atomic E-state index is 0.296. The lowest BCUT2D eigenvalue weighted by atomic mass is 10.1. The number of primary amides is 1. The van der Waals surface area contributed by atoms with Gasteiger partial charge in [0.05, 0.1) is 17.4 Å². The van der Waals surface area contributed by atoms with E-state index < -0.39 is 5.91 Å². The molecule has 0 bridgehead atoms. The van der Waals surface area contributed by atoms with Gasteiger partial charge < -0.3 is 11.5 Å². The molecular formula is C16H14N4O. The van der Waals surface area contributed by atoms with Gasteiger partial charge in [-0.15, -0.1) is 0 Å². The van der Waals surface area contributed by atoms with Crippen LogP contribution in [0.5, 0.6) is 0 Å². The van der Waals surface area contributed by atoms with Crippen molar-refractivity contribution in [3.63, 3.8) is 0 Å². The number of hydrogen-bond acceptors (Lipinski definition) is 3. The maximum atomic E-state index is 11.3. The predicted molar refractivity (Wildman–Crippen MR) is 81.9 cm³/mol. The summed E-state index contributed by atoms with van der Waals surface area (Å²) < 4.78 is 1.69. The van der Waals surface area contributed by atoms with Gasteiger partial charge in [-0.05, 0) is 23.8 Å². The summed E-state index contributed by atoms with van der Waals surface area (Å²) in [6.45, 7) is 0. The van der Waals surface area contributed by atoms with E-state index in [0.717, 1.165) is 16.8 Å². The molecule has 0 unspecified atom stereocenters. The molecule has 3 aromatic rings. The van der Waals surface area contributed by atoms with Gasteiger partial charge in [0.1, 0.15) is 0 Å². The number of nitrogens with zero attached hydrogens (tertiary/aromatic N) is 2. The van der Waals surface area contributed by atoms with Crippen LogP contribution in [0.2, 0.25) is 0 Å². The van der Waals surface area contributed by atoms with Gasteiger partial charge >= 0.3 is 0 Å². The van der Waals surface area contributed by atoms with E-state index in [1.54, 1.807) is 29.1 Å². The van der Waals surface area contributed by atoms with Crippen LogP contribution in [0.1, 0.15) is 10.4 Å². The number of nitrogens with two attached hydrogens (primary N) is 2. The average molecular weight is 278 g/mol. The van der Waals surface area contributed by atoms with E-state index in [9.17, 15) is 4.79 Å². The Balaban J connectivity index is 2.01. The smallest absolute Gasteiger partial charge is 0.250 e. The average Bonchev–Trinajstić information content (AvgIpc) is 2.98. The highest BCUT2D eigenvalue weighted by atomic mass is 16.1. The molecule has 0 aliphatic heterocycles. The fourth-order valence-electron chi connectivity index (χ4n) is 2.14. The van der Waals surface area contributed by atoms with Crippen LogP contribution < -0.4 is 11.5 Å². The van der Waals surface area contributed by atoms with Crippen LogP contribution in [0, 0.1) is 0 Å². The van der Waals surface area contributed by atoms with Crippen molar-refractivity contribution in [1.29, 1.82) is 0 Å².